The molecule has 3 aliphatic rings. The van der Waals surface area contributed by atoms with Gasteiger partial charge in [-0.3, -0.25) is 4.90 Å². The van der Waals surface area contributed by atoms with Gasteiger partial charge < -0.3 is 0 Å². The molecule has 0 aromatic heterocycles. The summed E-state index contributed by atoms with van der Waals surface area (Å²) in [5, 5.41) is 1.23. The van der Waals surface area contributed by atoms with Crippen LogP contribution in [-0.2, 0) is 0 Å². The third-order valence-corrected chi connectivity index (χ3v) is 6.20. The third kappa shape index (κ3) is 1.88. The van der Waals surface area contributed by atoms with Crippen LogP contribution in [0.25, 0.3) is 0 Å². The Kier molecular flexibility index (Phi) is 2.84. The molecule has 1 nitrogen and oxygen atoms in total. The topological polar surface area (TPSA) is 3.24 Å². The van der Waals surface area contributed by atoms with E-state index in [1.54, 1.807) is 0 Å². The van der Waals surface area contributed by atoms with Crippen LogP contribution >= 0.6 is 15.9 Å². The summed E-state index contributed by atoms with van der Waals surface area (Å²) in [7, 11) is 0. The molecule has 2 heteroatoms. The fraction of sp³-hybridized carbons (Fsp3) is 1.00. The van der Waals surface area contributed by atoms with Crippen LogP contribution in [0, 0.1) is 11.3 Å². The van der Waals surface area contributed by atoms with Crippen LogP contribution in [0.2, 0.25) is 0 Å². The summed E-state index contributed by atoms with van der Waals surface area (Å²) < 4.78 is 0. The number of hydrogen-bond acceptors (Lipinski definition) is 1. The SMILES string of the molecule is BrCC1(CN2CC3CCC2C3)CCCC1. The first-order chi connectivity index (χ1) is 7.31. The maximum Gasteiger partial charge on any atom is 0.0100 e. The van der Waals surface area contributed by atoms with E-state index >= 15 is 0 Å². The smallest absolute Gasteiger partial charge is 0.0100 e. The molecule has 2 unspecified atom stereocenters. The molecule has 2 atom stereocenters. The summed E-state index contributed by atoms with van der Waals surface area (Å²) in [6, 6.07) is 0.964. The van der Waals surface area contributed by atoms with E-state index in [1.807, 2.05) is 0 Å². The summed E-state index contributed by atoms with van der Waals surface area (Å²) in [6.07, 6.45) is 10.4. The molecule has 1 heterocycles. The van der Waals surface area contributed by atoms with Crippen LogP contribution in [0.1, 0.15) is 44.9 Å². The molecule has 15 heavy (non-hydrogen) atoms. The van der Waals surface area contributed by atoms with Gasteiger partial charge in [0.2, 0.25) is 0 Å². The van der Waals surface area contributed by atoms with E-state index in [0.29, 0.717) is 5.41 Å². The number of alkyl halides is 1. The summed E-state index contributed by atoms with van der Waals surface area (Å²) in [4.78, 5) is 2.82. The molecule has 2 saturated carbocycles. The Balaban J connectivity index is 1.64. The molecule has 1 aliphatic heterocycles. The van der Waals surface area contributed by atoms with Gasteiger partial charge in [0.1, 0.15) is 0 Å². The molecule has 0 N–H and O–H groups in total. The van der Waals surface area contributed by atoms with Crippen molar-refractivity contribution in [1.82, 2.24) is 4.90 Å². The average Bonchev–Trinajstić information content (AvgIpc) is 2.93. The van der Waals surface area contributed by atoms with Gasteiger partial charge in [-0.05, 0) is 43.4 Å². The minimum atomic E-state index is 0.643. The lowest BCUT2D eigenvalue weighted by molar-refractivity contribution is 0.137. The lowest BCUT2D eigenvalue weighted by atomic mass is 9.87. The van der Waals surface area contributed by atoms with Gasteiger partial charge in [0.15, 0.2) is 0 Å². The van der Waals surface area contributed by atoms with E-state index in [9.17, 15) is 0 Å². The van der Waals surface area contributed by atoms with E-state index in [0.717, 1.165) is 12.0 Å². The van der Waals surface area contributed by atoms with E-state index in [-0.39, 0.29) is 0 Å². The zero-order valence-electron chi connectivity index (χ0n) is 9.55. The Labute approximate surface area is 102 Å². The number of halogens is 1. The second kappa shape index (κ2) is 4.03. The Hall–Kier alpha value is 0.440. The van der Waals surface area contributed by atoms with E-state index in [2.05, 4.69) is 20.8 Å². The van der Waals surface area contributed by atoms with Crippen molar-refractivity contribution in [3.05, 3.63) is 0 Å². The molecule has 0 spiro atoms. The number of fused-ring (bicyclic) bond motifs is 2. The molecule has 3 fully saturated rings. The van der Waals surface area contributed by atoms with Gasteiger partial charge >= 0.3 is 0 Å². The molecular weight excluding hydrogens is 250 g/mol. The summed E-state index contributed by atoms with van der Waals surface area (Å²) in [5.74, 6) is 1.06. The number of likely N-dealkylation sites (tertiary alicyclic amines) is 1. The average molecular weight is 272 g/mol. The third-order valence-electron chi connectivity index (χ3n) is 5.01. The van der Waals surface area contributed by atoms with Crippen molar-refractivity contribution in [2.24, 2.45) is 11.3 Å². The van der Waals surface area contributed by atoms with Gasteiger partial charge in [0.25, 0.3) is 0 Å². The summed E-state index contributed by atoms with van der Waals surface area (Å²) in [6.45, 7) is 2.80. The minimum absolute atomic E-state index is 0.643. The van der Waals surface area contributed by atoms with Crippen molar-refractivity contribution >= 4 is 15.9 Å². The Morgan fingerprint density at radius 1 is 1.20 bits per heavy atom. The van der Waals surface area contributed by atoms with Crippen molar-refractivity contribution in [3.8, 4) is 0 Å². The first-order valence-corrected chi connectivity index (χ1v) is 7.73. The number of nitrogens with zero attached hydrogens (tertiary/aromatic N) is 1. The first-order valence-electron chi connectivity index (χ1n) is 6.61. The predicted molar refractivity (Wildman–Crippen MR) is 67.4 cm³/mol. The Morgan fingerprint density at radius 3 is 2.53 bits per heavy atom. The quantitative estimate of drug-likeness (QED) is 0.711. The highest BCUT2D eigenvalue weighted by molar-refractivity contribution is 9.09. The highest BCUT2D eigenvalue weighted by atomic mass is 79.9. The zero-order valence-corrected chi connectivity index (χ0v) is 11.1. The molecule has 0 amide bonds. The van der Waals surface area contributed by atoms with Gasteiger partial charge in [0, 0.05) is 24.5 Å². The molecule has 1 saturated heterocycles. The molecule has 0 aromatic rings. The zero-order chi connectivity index (χ0) is 10.3. The van der Waals surface area contributed by atoms with Gasteiger partial charge in [-0.25, -0.2) is 0 Å². The second-order valence-electron chi connectivity index (χ2n) is 6.10. The molecule has 0 aromatic carbocycles. The monoisotopic (exact) mass is 271 g/mol. The first kappa shape index (κ1) is 10.6. The maximum atomic E-state index is 3.77. The van der Waals surface area contributed by atoms with Crippen molar-refractivity contribution in [1.29, 1.82) is 0 Å². The predicted octanol–water partition coefficient (Wildman–Crippen LogP) is 3.43. The largest absolute Gasteiger partial charge is 0.300 e. The van der Waals surface area contributed by atoms with Crippen molar-refractivity contribution < 1.29 is 0 Å². The lowest BCUT2D eigenvalue weighted by Crippen LogP contribution is -2.41. The van der Waals surface area contributed by atoms with E-state index in [1.165, 1.54) is 63.4 Å². The molecule has 2 aliphatic carbocycles. The van der Waals surface area contributed by atoms with Crippen molar-refractivity contribution in [3.63, 3.8) is 0 Å². The number of rotatable bonds is 3. The maximum absolute atomic E-state index is 3.77. The van der Waals surface area contributed by atoms with Crippen LogP contribution < -0.4 is 0 Å². The molecule has 86 valence electrons. The standard InChI is InChI=1S/C13H22BrN/c14-9-13(5-1-2-6-13)10-15-8-11-3-4-12(15)7-11/h11-12H,1-10H2. The van der Waals surface area contributed by atoms with Crippen LogP contribution in [0.4, 0.5) is 0 Å². The molecule has 0 radical (unpaired) electrons. The van der Waals surface area contributed by atoms with Gasteiger partial charge in [0.05, 0.1) is 0 Å². The van der Waals surface area contributed by atoms with Crippen LogP contribution in [0.15, 0.2) is 0 Å². The minimum Gasteiger partial charge on any atom is -0.300 e. The van der Waals surface area contributed by atoms with E-state index in [4.69, 9.17) is 0 Å². The Bertz CT molecular complexity index is 235. The highest BCUT2D eigenvalue weighted by Crippen LogP contribution is 2.44. The number of piperidine rings is 1. The highest BCUT2D eigenvalue weighted by Gasteiger charge is 2.42. The second-order valence-corrected chi connectivity index (χ2v) is 6.66. The number of hydrogen-bond donors (Lipinski definition) is 0. The fourth-order valence-corrected chi connectivity index (χ4v) is 4.85. The summed E-state index contributed by atoms with van der Waals surface area (Å²) in [5.41, 5.74) is 0.643. The van der Waals surface area contributed by atoms with Crippen LogP contribution in [0.3, 0.4) is 0 Å². The molecular formula is C13H22BrN. The van der Waals surface area contributed by atoms with Gasteiger partial charge in [-0.15, -0.1) is 0 Å². The Morgan fingerprint density at radius 2 is 2.00 bits per heavy atom. The molecule has 2 bridgehead atoms. The fourth-order valence-electron chi connectivity index (χ4n) is 4.11. The normalized spacial score (nSPS) is 39.0. The van der Waals surface area contributed by atoms with Crippen molar-refractivity contribution in [2.45, 2.75) is 51.0 Å². The van der Waals surface area contributed by atoms with Gasteiger partial charge in [-0.1, -0.05) is 28.8 Å². The van der Waals surface area contributed by atoms with E-state index < -0.39 is 0 Å². The van der Waals surface area contributed by atoms with Gasteiger partial charge in [-0.2, -0.15) is 0 Å². The summed E-state index contributed by atoms with van der Waals surface area (Å²) >= 11 is 3.77. The molecule has 3 rings (SSSR count). The van der Waals surface area contributed by atoms with Crippen molar-refractivity contribution in [2.75, 3.05) is 18.4 Å². The lowest BCUT2D eigenvalue weighted by Gasteiger charge is -2.36. The van der Waals surface area contributed by atoms with Crippen LogP contribution in [0.5, 0.6) is 0 Å². The van der Waals surface area contributed by atoms with Crippen LogP contribution in [-0.4, -0.2) is 29.4 Å².